The lowest BCUT2D eigenvalue weighted by Gasteiger charge is -2.20. The molecule has 0 unspecified atom stereocenters. The van der Waals surface area contributed by atoms with Crippen molar-refractivity contribution in [2.45, 2.75) is 12.7 Å². The Balaban J connectivity index is 1.51. The van der Waals surface area contributed by atoms with Crippen LogP contribution in [-0.2, 0) is 15.3 Å². The summed E-state index contributed by atoms with van der Waals surface area (Å²) in [7, 11) is 0. The van der Waals surface area contributed by atoms with Gasteiger partial charge in [0.2, 0.25) is 11.8 Å². The predicted octanol–water partition coefficient (Wildman–Crippen LogP) is 5.32. The SMILES string of the molecule is CCN(CC(=O)Nc1c(Cl)cccc1Cl)C(=O)CSCc1nc2ccccc2s1. The van der Waals surface area contributed by atoms with Crippen molar-refractivity contribution < 1.29 is 9.59 Å². The number of likely N-dealkylation sites (N-methyl/N-ethyl adjacent to an activating group) is 1. The highest BCUT2D eigenvalue weighted by molar-refractivity contribution is 7.99. The van der Waals surface area contributed by atoms with Gasteiger partial charge in [-0.3, -0.25) is 9.59 Å². The second-order valence-electron chi connectivity index (χ2n) is 6.12. The van der Waals surface area contributed by atoms with E-state index in [1.54, 1.807) is 29.5 Å². The average molecular weight is 468 g/mol. The van der Waals surface area contributed by atoms with E-state index >= 15 is 0 Å². The van der Waals surface area contributed by atoms with Gasteiger partial charge in [0.25, 0.3) is 0 Å². The minimum atomic E-state index is -0.341. The van der Waals surface area contributed by atoms with Crippen molar-refractivity contribution in [3.63, 3.8) is 0 Å². The molecule has 5 nitrogen and oxygen atoms in total. The van der Waals surface area contributed by atoms with Crippen molar-refractivity contribution in [3.05, 3.63) is 57.5 Å². The summed E-state index contributed by atoms with van der Waals surface area (Å²) < 4.78 is 1.14. The largest absolute Gasteiger partial charge is 0.333 e. The van der Waals surface area contributed by atoms with Crippen LogP contribution in [0.5, 0.6) is 0 Å². The standard InChI is InChI=1S/C20H19Cl2N3O2S2/c1-2-25(10-17(26)24-20-13(21)6-5-7-14(20)22)19(27)12-28-11-18-23-15-8-3-4-9-16(15)29-18/h3-9H,2,10-12H2,1H3,(H,24,26). The highest BCUT2D eigenvalue weighted by Gasteiger charge is 2.17. The maximum absolute atomic E-state index is 12.5. The average Bonchev–Trinajstić information content (AvgIpc) is 3.11. The molecule has 0 bridgehead atoms. The van der Waals surface area contributed by atoms with E-state index in [9.17, 15) is 9.59 Å². The molecule has 0 radical (unpaired) electrons. The van der Waals surface area contributed by atoms with Crippen LogP contribution in [0.2, 0.25) is 10.0 Å². The Morgan fingerprint density at radius 3 is 2.55 bits per heavy atom. The number of amides is 2. The monoisotopic (exact) mass is 467 g/mol. The Bertz CT molecular complexity index is 973. The molecule has 1 aromatic heterocycles. The lowest BCUT2D eigenvalue weighted by molar-refractivity contribution is -0.132. The smallest absolute Gasteiger partial charge is 0.244 e. The summed E-state index contributed by atoms with van der Waals surface area (Å²) in [6.45, 7) is 2.22. The number of anilines is 1. The molecular formula is C20H19Cl2N3O2S2. The van der Waals surface area contributed by atoms with Gasteiger partial charge in [-0.05, 0) is 31.2 Å². The third-order valence-electron chi connectivity index (χ3n) is 4.09. The molecule has 29 heavy (non-hydrogen) atoms. The second-order valence-corrected chi connectivity index (χ2v) is 9.04. The van der Waals surface area contributed by atoms with Crippen LogP contribution in [0.25, 0.3) is 10.2 Å². The van der Waals surface area contributed by atoms with E-state index in [0.717, 1.165) is 15.2 Å². The quantitative estimate of drug-likeness (QED) is 0.486. The summed E-state index contributed by atoms with van der Waals surface area (Å²) >= 11 is 15.3. The zero-order valence-corrected chi connectivity index (χ0v) is 18.8. The number of carbonyl (C=O) groups is 2. The van der Waals surface area contributed by atoms with Crippen molar-refractivity contribution in [1.82, 2.24) is 9.88 Å². The van der Waals surface area contributed by atoms with Crippen LogP contribution in [0.3, 0.4) is 0 Å². The van der Waals surface area contributed by atoms with E-state index in [1.807, 2.05) is 31.2 Å². The minimum Gasteiger partial charge on any atom is -0.333 e. The van der Waals surface area contributed by atoms with E-state index in [4.69, 9.17) is 23.2 Å². The van der Waals surface area contributed by atoms with Crippen molar-refractivity contribution in [2.75, 3.05) is 24.2 Å². The maximum atomic E-state index is 12.5. The van der Waals surface area contributed by atoms with E-state index in [1.165, 1.54) is 16.7 Å². The number of hydrogen-bond acceptors (Lipinski definition) is 5. The van der Waals surface area contributed by atoms with Gasteiger partial charge in [-0.25, -0.2) is 4.98 Å². The zero-order valence-electron chi connectivity index (χ0n) is 15.7. The van der Waals surface area contributed by atoms with Crippen molar-refractivity contribution in [1.29, 1.82) is 0 Å². The van der Waals surface area contributed by atoms with Crippen LogP contribution < -0.4 is 5.32 Å². The number of fused-ring (bicyclic) bond motifs is 1. The summed E-state index contributed by atoms with van der Waals surface area (Å²) in [6, 6.07) is 13.0. The lowest BCUT2D eigenvalue weighted by Crippen LogP contribution is -2.38. The summed E-state index contributed by atoms with van der Waals surface area (Å²) in [5.74, 6) is 0.499. The summed E-state index contributed by atoms with van der Waals surface area (Å²) in [6.07, 6.45) is 0. The predicted molar refractivity (Wildman–Crippen MR) is 123 cm³/mol. The summed E-state index contributed by atoms with van der Waals surface area (Å²) in [5.41, 5.74) is 1.33. The highest BCUT2D eigenvalue weighted by Crippen LogP contribution is 2.29. The van der Waals surface area contributed by atoms with Crippen molar-refractivity contribution >= 4 is 74.0 Å². The maximum Gasteiger partial charge on any atom is 0.244 e. The zero-order chi connectivity index (χ0) is 20.8. The van der Waals surface area contributed by atoms with E-state index < -0.39 is 0 Å². The van der Waals surface area contributed by atoms with Crippen molar-refractivity contribution in [2.24, 2.45) is 0 Å². The molecule has 1 N–H and O–H groups in total. The fourth-order valence-corrected chi connectivity index (χ4v) is 5.08. The van der Waals surface area contributed by atoms with Crippen LogP contribution in [0, 0.1) is 0 Å². The van der Waals surface area contributed by atoms with Gasteiger partial charge < -0.3 is 10.2 Å². The lowest BCUT2D eigenvalue weighted by atomic mass is 10.3. The van der Waals surface area contributed by atoms with Crippen LogP contribution in [0.4, 0.5) is 5.69 Å². The van der Waals surface area contributed by atoms with Crippen molar-refractivity contribution in [3.8, 4) is 0 Å². The third kappa shape index (κ3) is 5.85. The first-order valence-electron chi connectivity index (χ1n) is 8.91. The Hall–Kier alpha value is -1.80. The number of thiazole rings is 1. The van der Waals surface area contributed by atoms with Gasteiger partial charge in [0, 0.05) is 12.3 Å². The first kappa shape index (κ1) is 21.9. The molecule has 3 rings (SSSR count). The van der Waals surface area contributed by atoms with Gasteiger partial charge in [0.05, 0.1) is 38.2 Å². The molecule has 152 valence electrons. The number of hydrogen-bond donors (Lipinski definition) is 1. The van der Waals surface area contributed by atoms with Crippen LogP contribution in [0.1, 0.15) is 11.9 Å². The van der Waals surface area contributed by atoms with E-state index in [2.05, 4.69) is 10.3 Å². The molecule has 2 aromatic carbocycles. The van der Waals surface area contributed by atoms with E-state index in [0.29, 0.717) is 28.0 Å². The molecule has 3 aromatic rings. The first-order chi connectivity index (χ1) is 14.0. The van der Waals surface area contributed by atoms with Gasteiger partial charge in [-0.15, -0.1) is 23.1 Å². The molecule has 0 aliphatic heterocycles. The number of aromatic nitrogens is 1. The normalized spacial score (nSPS) is 10.9. The molecule has 1 heterocycles. The number of carbonyl (C=O) groups excluding carboxylic acids is 2. The molecule has 0 fully saturated rings. The Labute approximate surface area is 187 Å². The molecule has 0 atom stereocenters. The van der Waals surface area contributed by atoms with Crippen LogP contribution in [-0.4, -0.2) is 40.5 Å². The van der Waals surface area contributed by atoms with Gasteiger partial charge in [0.15, 0.2) is 0 Å². The number of nitrogens with zero attached hydrogens (tertiary/aromatic N) is 2. The van der Waals surface area contributed by atoms with Gasteiger partial charge in [-0.1, -0.05) is 41.4 Å². The molecular weight excluding hydrogens is 449 g/mol. The molecule has 2 amide bonds. The Kier molecular flexibility index (Phi) is 7.77. The number of halogens is 2. The second kappa shape index (κ2) is 10.3. The molecule has 0 aliphatic carbocycles. The number of nitrogens with one attached hydrogen (secondary N) is 1. The van der Waals surface area contributed by atoms with Gasteiger partial charge in [-0.2, -0.15) is 0 Å². The molecule has 0 spiro atoms. The number of thioether (sulfide) groups is 1. The fourth-order valence-electron chi connectivity index (χ4n) is 2.64. The van der Waals surface area contributed by atoms with Gasteiger partial charge >= 0.3 is 0 Å². The first-order valence-corrected chi connectivity index (χ1v) is 11.6. The van der Waals surface area contributed by atoms with E-state index in [-0.39, 0.29) is 24.1 Å². The third-order valence-corrected chi connectivity index (χ3v) is 6.86. The minimum absolute atomic E-state index is 0.0570. The Morgan fingerprint density at radius 2 is 1.86 bits per heavy atom. The highest BCUT2D eigenvalue weighted by atomic mass is 35.5. The van der Waals surface area contributed by atoms with Crippen LogP contribution >= 0.6 is 46.3 Å². The topological polar surface area (TPSA) is 62.3 Å². The molecule has 0 saturated heterocycles. The number of benzene rings is 2. The number of rotatable bonds is 8. The molecule has 0 aliphatic rings. The Morgan fingerprint density at radius 1 is 1.14 bits per heavy atom. The number of para-hydroxylation sites is 2. The van der Waals surface area contributed by atoms with Gasteiger partial charge in [0.1, 0.15) is 5.01 Å². The molecule has 0 saturated carbocycles. The summed E-state index contributed by atoms with van der Waals surface area (Å²) in [4.78, 5) is 30.9. The fraction of sp³-hybridized carbons (Fsp3) is 0.250. The summed E-state index contributed by atoms with van der Waals surface area (Å²) in [5, 5.41) is 4.37. The molecule has 9 heteroatoms. The van der Waals surface area contributed by atoms with Crippen LogP contribution in [0.15, 0.2) is 42.5 Å².